The Morgan fingerprint density at radius 1 is 1.29 bits per heavy atom. The molecule has 0 saturated carbocycles. The van der Waals surface area contributed by atoms with Gasteiger partial charge in [0.05, 0.1) is 11.7 Å². The number of carbonyl (C=O) groups is 1. The SMILES string of the molecule is O=C(O)c1cccc(OCCN2CCCC(C3CCCCO3)C2)c1. The summed E-state index contributed by atoms with van der Waals surface area (Å²) in [5.41, 5.74) is 0.264. The molecule has 1 aromatic rings. The van der Waals surface area contributed by atoms with E-state index in [4.69, 9.17) is 14.6 Å². The summed E-state index contributed by atoms with van der Waals surface area (Å²) in [5, 5.41) is 9.02. The van der Waals surface area contributed by atoms with E-state index in [9.17, 15) is 4.79 Å². The average Bonchev–Trinajstić information content (AvgIpc) is 2.63. The number of carboxylic acid groups (broad SMARTS) is 1. The van der Waals surface area contributed by atoms with Crippen LogP contribution < -0.4 is 4.74 Å². The lowest BCUT2D eigenvalue weighted by Crippen LogP contribution is -2.43. The third kappa shape index (κ3) is 4.71. The van der Waals surface area contributed by atoms with E-state index in [1.165, 1.54) is 32.1 Å². The molecule has 0 amide bonds. The maximum absolute atomic E-state index is 11.0. The molecule has 2 aliphatic rings. The number of rotatable bonds is 6. The lowest BCUT2D eigenvalue weighted by Gasteiger charge is -2.38. The molecule has 0 aliphatic carbocycles. The highest BCUT2D eigenvalue weighted by molar-refractivity contribution is 5.87. The largest absolute Gasteiger partial charge is 0.492 e. The summed E-state index contributed by atoms with van der Waals surface area (Å²) >= 11 is 0. The maximum atomic E-state index is 11.0. The van der Waals surface area contributed by atoms with Gasteiger partial charge < -0.3 is 14.6 Å². The van der Waals surface area contributed by atoms with Crippen LogP contribution in [0.25, 0.3) is 0 Å². The molecule has 2 saturated heterocycles. The van der Waals surface area contributed by atoms with Gasteiger partial charge in [0, 0.05) is 19.7 Å². The number of piperidine rings is 1. The van der Waals surface area contributed by atoms with Gasteiger partial charge in [-0.2, -0.15) is 0 Å². The van der Waals surface area contributed by atoms with E-state index in [1.807, 2.05) is 0 Å². The van der Waals surface area contributed by atoms with Crippen molar-refractivity contribution in [1.82, 2.24) is 4.90 Å². The molecule has 1 aromatic carbocycles. The third-order valence-corrected chi connectivity index (χ3v) is 5.04. The van der Waals surface area contributed by atoms with E-state index in [1.54, 1.807) is 24.3 Å². The quantitative estimate of drug-likeness (QED) is 0.867. The minimum Gasteiger partial charge on any atom is -0.492 e. The van der Waals surface area contributed by atoms with Crippen LogP contribution in [0, 0.1) is 5.92 Å². The van der Waals surface area contributed by atoms with Gasteiger partial charge >= 0.3 is 5.97 Å². The van der Waals surface area contributed by atoms with Crippen LogP contribution in [0.1, 0.15) is 42.5 Å². The second-order valence-corrected chi connectivity index (χ2v) is 6.79. The van der Waals surface area contributed by atoms with Gasteiger partial charge in [0.2, 0.25) is 0 Å². The van der Waals surface area contributed by atoms with Gasteiger partial charge in [0.15, 0.2) is 0 Å². The van der Waals surface area contributed by atoms with Gasteiger partial charge in [-0.25, -0.2) is 4.79 Å². The number of aromatic carboxylic acids is 1. The molecule has 0 spiro atoms. The molecule has 2 atom stereocenters. The average molecular weight is 333 g/mol. The Morgan fingerprint density at radius 3 is 3.00 bits per heavy atom. The number of hydrogen-bond acceptors (Lipinski definition) is 4. The molecule has 0 radical (unpaired) electrons. The zero-order valence-electron chi connectivity index (χ0n) is 14.2. The monoisotopic (exact) mass is 333 g/mol. The topological polar surface area (TPSA) is 59.0 Å². The van der Waals surface area contributed by atoms with Crippen molar-refractivity contribution in [1.29, 1.82) is 0 Å². The number of nitrogens with zero attached hydrogens (tertiary/aromatic N) is 1. The van der Waals surface area contributed by atoms with Crippen molar-refractivity contribution in [2.75, 3.05) is 32.8 Å². The Hall–Kier alpha value is -1.59. The van der Waals surface area contributed by atoms with Gasteiger partial charge in [-0.3, -0.25) is 4.90 Å². The summed E-state index contributed by atoms with van der Waals surface area (Å²) in [6.07, 6.45) is 6.63. The summed E-state index contributed by atoms with van der Waals surface area (Å²) in [7, 11) is 0. The van der Waals surface area contributed by atoms with Crippen LogP contribution in [0.3, 0.4) is 0 Å². The van der Waals surface area contributed by atoms with Crippen LogP contribution in [0.5, 0.6) is 5.75 Å². The van der Waals surface area contributed by atoms with E-state index in [0.29, 0.717) is 24.4 Å². The molecule has 0 aromatic heterocycles. The molecule has 5 heteroatoms. The van der Waals surface area contributed by atoms with Gasteiger partial charge in [0.1, 0.15) is 12.4 Å². The Morgan fingerprint density at radius 2 is 2.21 bits per heavy atom. The highest BCUT2D eigenvalue weighted by Gasteiger charge is 2.28. The summed E-state index contributed by atoms with van der Waals surface area (Å²) in [4.78, 5) is 13.4. The number of ether oxygens (including phenoxy) is 2. The van der Waals surface area contributed by atoms with Crippen molar-refractivity contribution in [2.24, 2.45) is 5.92 Å². The molecule has 1 N–H and O–H groups in total. The van der Waals surface area contributed by atoms with E-state index in [2.05, 4.69) is 4.90 Å². The molecular formula is C19H27NO4. The first-order valence-corrected chi connectivity index (χ1v) is 9.02. The highest BCUT2D eigenvalue weighted by atomic mass is 16.5. The minimum absolute atomic E-state index is 0.264. The zero-order chi connectivity index (χ0) is 16.8. The molecule has 0 bridgehead atoms. The van der Waals surface area contributed by atoms with E-state index >= 15 is 0 Å². The normalized spacial score (nSPS) is 25.3. The first-order valence-electron chi connectivity index (χ1n) is 9.02. The molecule has 2 fully saturated rings. The Kier molecular flexibility index (Phi) is 6.10. The van der Waals surface area contributed by atoms with Crippen LogP contribution in [-0.2, 0) is 4.74 Å². The van der Waals surface area contributed by atoms with E-state index < -0.39 is 5.97 Å². The fraction of sp³-hybridized carbons (Fsp3) is 0.632. The Bertz CT molecular complexity index is 542. The lowest BCUT2D eigenvalue weighted by atomic mass is 9.88. The van der Waals surface area contributed by atoms with Crippen LogP contribution >= 0.6 is 0 Å². The molecule has 132 valence electrons. The molecule has 3 rings (SSSR count). The van der Waals surface area contributed by atoms with Crippen molar-refractivity contribution in [3.63, 3.8) is 0 Å². The number of likely N-dealkylation sites (tertiary alicyclic amines) is 1. The van der Waals surface area contributed by atoms with Gasteiger partial charge in [-0.15, -0.1) is 0 Å². The minimum atomic E-state index is -0.924. The molecule has 2 unspecified atom stereocenters. The Balaban J connectivity index is 1.44. The standard InChI is InChI=1S/C19H27NO4/c21-19(22)15-5-3-7-17(13-15)23-12-10-20-9-4-6-16(14-20)18-8-1-2-11-24-18/h3,5,7,13,16,18H,1-2,4,6,8-12,14H2,(H,21,22). The van der Waals surface area contributed by atoms with Crippen LogP contribution in [-0.4, -0.2) is 54.9 Å². The molecular weight excluding hydrogens is 306 g/mol. The smallest absolute Gasteiger partial charge is 0.335 e. The summed E-state index contributed by atoms with van der Waals surface area (Å²) in [6.45, 7) is 4.58. The van der Waals surface area contributed by atoms with Gasteiger partial charge in [-0.1, -0.05) is 6.07 Å². The lowest BCUT2D eigenvalue weighted by molar-refractivity contribution is -0.0420. The fourth-order valence-corrected chi connectivity index (χ4v) is 3.75. The van der Waals surface area contributed by atoms with Gasteiger partial charge in [0.25, 0.3) is 0 Å². The summed E-state index contributed by atoms with van der Waals surface area (Å²) < 4.78 is 11.7. The van der Waals surface area contributed by atoms with Crippen molar-refractivity contribution in [3.05, 3.63) is 29.8 Å². The summed E-state index contributed by atoms with van der Waals surface area (Å²) in [6, 6.07) is 6.68. The molecule has 5 nitrogen and oxygen atoms in total. The van der Waals surface area contributed by atoms with Crippen molar-refractivity contribution in [3.8, 4) is 5.75 Å². The molecule has 24 heavy (non-hydrogen) atoms. The summed E-state index contributed by atoms with van der Waals surface area (Å²) in [5.74, 6) is 0.347. The molecule has 2 aliphatic heterocycles. The predicted octanol–water partition coefficient (Wildman–Crippen LogP) is 3.04. The van der Waals surface area contributed by atoms with E-state index in [-0.39, 0.29) is 5.56 Å². The van der Waals surface area contributed by atoms with Crippen LogP contribution in [0.4, 0.5) is 0 Å². The first-order chi connectivity index (χ1) is 11.7. The van der Waals surface area contributed by atoms with Crippen molar-refractivity contribution < 1.29 is 19.4 Å². The highest BCUT2D eigenvalue weighted by Crippen LogP contribution is 2.27. The third-order valence-electron chi connectivity index (χ3n) is 5.04. The van der Waals surface area contributed by atoms with Crippen molar-refractivity contribution >= 4 is 5.97 Å². The van der Waals surface area contributed by atoms with E-state index in [0.717, 1.165) is 26.2 Å². The van der Waals surface area contributed by atoms with Crippen LogP contribution in [0.2, 0.25) is 0 Å². The van der Waals surface area contributed by atoms with Crippen LogP contribution in [0.15, 0.2) is 24.3 Å². The predicted molar refractivity (Wildman–Crippen MR) is 91.7 cm³/mol. The second kappa shape index (κ2) is 8.49. The Labute approximate surface area is 143 Å². The fourth-order valence-electron chi connectivity index (χ4n) is 3.75. The van der Waals surface area contributed by atoms with Crippen molar-refractivity contribution in [2.45, 2.75) is 38.2 Å². The first kappa shape index (κ1) is 17.2. The second-order valence-electron chi connectivity index (χ2n) is 6.79. The maximum Gasteiger partial charge on any atom is 0.335 e. The van der Waals surface area contributed by atoms with Gasteiger partial charge in [-0.05, 0) is 62.8 Å². The number of hydrogen-bond donors (Lipinski definition) is 1. The molecule has 2 heterocycles. The zero-order valence-corrected chi connectivity index (χ0v) is 14.2. The number of carboxylic acids is 1. The number of benzene rings is 1.